The molecule has 2 aromatic rings. The molecule has 1 fully saturated rings. The quantitative estimate of drug-likeness (QED) is 0.915. The molecule has 6 heteroatoms. The van der Waals surface area contributed by atoms with Crippen LogP contribution in [0.25, 0.3) is 0 Å². The Labute approximate surface area is 142 Å². The molecule has 3 rings (SSSR count). The van der Waals surface area contributed by atoms with Crippen LogP contribution in [-0.4, -0.2) is 39.7 Å². The monoisotopic (exact) mass is 330 g/mol. The van der Waals surface area contributed by atoms with Crippen molar-refractivity contribution in [1.82, 2.24) is 20.0 Å². The standard InChI is InChI=1S/C18H26N4O2/c1-13(2)17-14(12-21(3)20-17)11-19-15-6-8-22(9-7-15)18(23)16-5-4-10-24-16/h4-5,10,12-13,15,19H,6-9,11H2,1-3H3. The fraction of sp³-hybridized carbons (Fsp3) is 0.556. The van der Waals surface area contributed by atoms with Gasteiger partial charge in [-0.05, 0) is 30.9 Å². The largest absolute Gasteiger partial charge is 0.459 e. The van der Waals surface area contributed by atoms with Crippen LogP contribution in [0.15, 0.2) is 29.0 Å². The minimum absolute atomic E-state index is 0.00666. The van der Waals surface area contributed by atoms with E-state index in [2.05, 4.69) is 30.5 Å². The second-order valence-electron chi connectivity index (χ2n) is 6.79. The Morgan fingerprint density at radius 3 is 2.79 bits per heavy atom. The normalized spacial score (nSPS) is 16.1. The number of nitrogens with zero attached hydrogens (tertiary/aromatic N) is 3. The maximum Gasteiger partial charge on any atom is 0.289 e. The van der Waals surface area contributed by atoms with E-state index >= 15 is 0 Å². The Hall–Kier alpha value is -2.08. The molecule has 1 aliphatic heterocycles. The Morgan fingerprint density at radius 1 is 1.42 bits per heavy atom. The number of amides is 1. The Balaban J connectivity index is 1.50. The number of carbonyl (C=O) groups is 1. The number of hydrogen-bond acceptors (Lipinski definition) is 4. The smallest absolute Gasteiger partial charge is 0.289 e. The summed E-state index contributed by atoms with van der Waals surface area (Å²) >= 11 is 0. The fourth-order valence-corrected chi connectivity index (χ4v) is 3.27. The van der Waals surface area contributed by atoms with Crippen molar-refractivity contribution in [3.05, 3.63) is 41.6 Å². The van der Waals surface area contributed by atoms with Crippen LogP contribution < -0.4 is 5.32 Å². The van der Waals surface area contributed by atoms with Gasteiger partial charge in [-0.15, -0.1) is 0 Å². The van der Waals surface area contributed by atoms with Crippen molar-refractivity contribution in [2.75, 3.05) is 13.1 Å². The lowest BCUT2D eigenvalue weighted by Crippen LogP contribution is -2.44. The van der Waals surface area contributed by atoms with Gasteiger partial charge in [-0.2, -0.15) is 5.10 Å². The molecule has 3 heterocycles. The van der Waals surface area contributed by atoms with Crippen LogP contribution in [0, 0.1) is 0 Å². The van der Waals surface area contributed by atoms with Gasteiger partial charge in [-0.3, -0.25) is 9.48 Å². The van der Waals surface area contributed by atoms with Crippen LogP contribution in [0.5, 0.6) is 0 Å². The van der Waals surface area contributed by atoms with Crippen molar-refractivity contribution in [2.24, 2.45) is 7.05 Å². The second kappa shape index (κ2) is 7.21. The third-order valence-corrected chi connectivity index (χ3v) is 4.58. The third-order valence-electron chi connectivity index (χ3n) is 4.58. The average molecular weight is 330 g/mol. The van der Waals surface area contributed by atoms with Crippen LogP contribution in [0.3, 0.4) is 0 Å². The van der Waals surface area contributed by atoms with Gasteiger partial charge in [0.2, 0.25) is 0 Å². The van der Waals surface area contributed by atoms with Gasteiger partial charge in [0, 0.05) is 44.5 Å². The molecule has 0 atom stereocenters. The first kappa shape index (κ1) is 16.8. The van der Waals surface area contributed by atoms with Crippen LogP contribution >= 0.6 is 0 Å². The number of aryl methyl sites for hydroxylation is 1. The number of furan rings is 1. The van der Waals surface area contributed by atoms with Gasteiger partial charge in [0.1, 0.15) is 0 Å². The lowest BCUT2D eigenvalue weighted by Gasteiger charge is -2.32. The number of hydrogen-bond donors (Lipinski definition) is 1. The van der Waals surface area contributed by atoms with E-state index in [-0.39, 0.29) is 5.91 Å². The highest BCUT2D eigenvalue weighted by Gasteiger charge is 2.25. The molecule has 6 nitrogen and oxygen atoms in total. The Morgan fingerprint density at radius 2 is 2.17 bits per heavy atom. The number of nitrogens with one attached hydrogen (secondary N) is 1. The molecular weight excluding hydrogens is 304 g/mol. The molecule has 0 unspecified atom stereocenters. The van der Waals surface area contributed by atoms with E-state index in [1.54, 1.807) is 18.4 Å². The van der Waals surface area contributed by atoms with Crippen LogP contribution in [-0.2, 0) is 13.6 Å². The molecule has 0 bridgehead atoms. The molecule has 0 aromatic carbocycles. The predicted molar refractivity (Wildman–Crippen MR) is 91.8 cm³/mol. The third kappa shape index (κ3) is 3.70. The summed E-state index contributed by atoms with van der Waals surface area (Å²) in [7, 11) is 1.97. The maximum atomic E-state index is 12.3. The number of likely N-dealkylation sites (tertiary alicyclic amines) is 1. The predicted octanol–water partition coefficient (Wildman–Crippen LogP) is 2.53. The summed E-state index contributed by atoms with van der Waals surface area (Å²) in [5.74, 6) is 0.849. The summed E-state index contributed by atoms with van der Waals surface area (Å²) in [6.07, 6.45) is 5.56. The van der Waals surface area contributed by atoms with Crippen molar-refractivity contribution in [1.29, 1.82) is 0 Å². The minimum atomic E-state index is -0.00666. The molecule has 1 saturated heterocycles. The molecule has 1 aliphatic rings. The summed E-state index contributed by atoms with van der Waals surface area (Å²) in [5.41, 5.74) is 2.43. The number of carbonyl (C=O) groups excluding carboxylic acids is 1. The van der Waals surface area contributed by atoms with E-state index in [0.29, 0.717) is 17.7 Å². The van der Waals surface area contributed by atoms with Crippen molar-refractivity contribution in [3.63, 3.8) is 0 Å². The Kier molecular flexibility index (Phi) is 5.04. The van der Waals surface area contributed by atoms with Crippen LogP contribution in [0.1, 0.15) is 54.4 Å². The van der Waals surface area contributed by atoms with Gasteiger partial charge in [-0.25, -0.2) is 0 Å². The SMILES string of the molecule is CC(C)c1nn(C)cc1CNC1CCN(C(=O)c2ccco2)CC1. The summed E-state index contributed by atoms with van der Waals surface area (Å²) in [6, 6.07) is 3.91. The van der Waals surface area contributed by atoms with E-state index in [4.69, 9.17) is 4.42 Å². The summed E-state index contributed by atoms with van der Waals surface area (Å²) in [5, 5.41) is 8.18. The van der Waals surface area contributed by atoms with Gasteiger partial charge in [0.25, 0.3) is 5.91 Å². The molecule has 0 spiro atoms. The molecule has 0 saturated carbocycles. The lowest BCUT2D eigenvalue weighted by atomic mass is 10.0. The zero-order chi connectivity index (χ0) is 17.1. The number of piperidine rings is 1. The molecule has 24 heavy (non-hydrogen) atoms. The molecule has 1 amide bonds. The summed E-state index contributed by atoms with van der Waals surface area (Å²) in [6.45, 7) is 6.70. The van der Waals surface area contributed by atoms with Gasteiger partial charge < -0.3 is 14.6 Å². The van der Waals surface area contributed by atoms with E-state index < -0.39 is 0 Å². The van der Waals surface area contributed by atoms with E-state index in [9.17, 15) is 4.79 Å². The van der Waals surface area contributed by atoms with E-state index in [0.717, 1.165) is 38.2 Å². The molecular formula is C18H26N4O2. The van der Waals surface area contributed by atoms with Crippen molar-refractivity contribution in [3.8, 4) is 0 Å². The van der Waals surface area contributed by atoms with E-state index in [1.165, 1.54) is 5.56 Å². The van der Waals surface area contributed by atoms with Crippen LogP contribution in [0.2, 0.25) is 0 Å². The van der Waals surface area contributed by atoms with E-state index in [1.807, 2.05) is 16.6 Å². The minimum Gasteiger partial charge on any atom is -0.459 e. The average Bonchev–Trinajstić information content (AvgIpc) is 3.22. The first-order valence-electron chi connectivity index (χ1n) is 8.63. The molecule has 0 radical (unpaired) electrons. The second-order valence-corrected chi connectivity index (χ2v) is 6.79. The summed E-state index contributed by atoms with van der Waals surface area (Å²) in [4.78, 5) is 14.1. The molecule has 130 valence electrons. The Bertz CT molecular complexity index is 667. The first-order valence-corrected chi connectivity index (χ1v) is 8.63. The molecule has 1 N–H and O–H groups in total. The van der Waals surface area contributed by atoms with Gasteiger partial charge in [-0.1, -0.05) is 13.8 Å². The highest BCUT2D eigenvalue weighted by molar-refractivity contribution is 5.91. The zero-order valence-corrected chi connectivity index (χ0v) is 14.7. The zero-order valence-electron chi connectivity index (χ0n) is 14.7. The number of rotatable bonds is 5. The molecule has 0 aliphatic carbocycles. The van der Waals surface area contributed by atoms with Crippen molar-refractivity contribution < 1.29 is 9.21 Å². The van der Waals surface area contributed by atoms with Gasteiger partial charge in [0.15, 0.2) is 5.76 Å². The van der Waals surface area contributed by atoms with Crippen LogP contribution in [0.4, 0.5) is 0 Å². The lowest BCUT2D eigenvalue weighted by molar-refractivity contribution is 0.0672. The van der Waals surface area contributed by atoms with Crippen molar-refractivity contribution in [2.45, 2.75) is 45.2 Å². The highest BCUT2D eigenvalue weighted by atomic mass is 16.3. The van der Waals surface area contributed by atoms with Gasteiger partial charge >= 0.3 is 0 Å². The highest BCUT2D eigenvalue weighted by Crippen LogP contribution is 2.19. The van der Waals surface area contributed by atoms with Crippen molar-refractivity contribution >= 4 is 5.91 Å². The number of aromatic nitrogens is 2. The maximum absolute atomic E-state index is 12.3. The summed E-state index contributed by atoms with van der Waals surface area (Å²) < 4.78 is 7.09. The first-order chi connectivity index (χ1) is 11.5. The topological polar surface area (TPSA) is 63.3 Å². The molecule has 2 aromatic heterocycles. The van der Waals surface area contributed by atoms with Gasteiger partial charge in [0.05, 0.1) is 12.0 Å². The fourth-order valence-electron chi connectivity index (χ4n) is 3.27.